The van der Waals surface area contributed by atoms with Crippen molar-refractivity contribution in [2.75, 3.05) is 18.5 Å². The minimum atomic E-state index is -3.74. The van der Waals surface area contributed by atoms with Gasteiger partial charge in [-0.1, -0.05) is 12.1 Å². The molecule has 0 bridgehead atoms. The van der Waals surface area contributed by atoms with E-state index in [-0.39, 0.29) is 22.9 Å². The van der Waals surface area contributed by atoms with Crippen molar-refractivity contribution >= 4 is 50.0 Å². The molecule has 2 heterocycles. The molecule has 1 aliphatic rings. The molecule has 0 fully saturated rings. The summed E-state index contributed by atoms with van der Waals surface area (Å²) < 4.78 is 36.7. The van der Waals surface area contributed by atoms with E-state index in [4.69, 9.17) is 9.47 Å². The van der Waals surface area contributed by atoms with Gasteiger partial charge < -0.3 is 14.8 Å². The number of hydrogen-bond acceptors (Lipinski definition) is 9. The van der Waals surface area contributed by atoms with Crippen LogP contribution in [-0.4, -0.2) is 51.4 Å². The SMILES string of the molecule is CCOC(=O)c1c(NC(=O)COC(=O)[C@@H](C)N=C2NS(=O)(=O)c3ccccc32)sc(C)c1C. The topological polar surface area (TPSA) is 140 Å². The minimum absolute atomic E-state index is 0.0307. The van der Waals surface area contributed by atoms with Crippen molar-refractivity contribution in [2.45, 2.75) is 38.6 Å². The molecule has 33 heavy (non-hydrogen) atoms. The number of rotatable bonds is 7. The van der Waals surface area contributed by atoms with E-state index in [1.54, 1.807) is 32.0 Å². The van der Waals surface area contributed by atoms with Crippen LogP contribution in [-0.2, 0) is 29.1 Å². The van der Waals surface area contributed by atoms with Crippen molar-refractivity contribution in [1.82, 2.24) is 4.72 Å². The highest BCUT2D eigenvalue weighted by atomic mass is 32.2. The van der Waals surface area contributed by atoms with Crippen molar-refractivity contribution in [3.8, 4) is 0 Å². The van der Waals surface area contributed by atoms with Crippen molar-refractivity contribution in [2.24, 2.45) is 4.99 Å². The van der Waals surface area contributed by atoms with Crippen molar-refractivity contribution in [3.05, 3.63) is 45.8 Å². The van der Waals surface area contributed by atoms with Gasteiger partial charge in [0.05, 0.1) is 17.1 Å². The maximum Gasteiger partial charge on any atom is 0.341 e. The molecule has 2 N–H and O–H groups in total. The fraction of sp³-hybridized carbons (Fsp3) is 0.333. The number of amidine groups is 1. The van der Waals surface area contributed by atoms with E-state index in [0.717, 1.165) is 4.88 Å². The lowest BCUT2D eigenvalue weighted by Crippen LogP contribution is -2.29. The van der Waals surface area contributed by atoms with Gasteiger partial charge in [-0.05, 0) is 45.4 Å². The lowest BCUT2D eigenvalue weighted by Gasteiger charge is -2.10. The van der Waals surface area contributed by atoms with Gasteiger partial charge in [0.2, 0.25) is 0 Å². The fourth-order valence-electron chi connectivity index (χ4n) is 3.06. The summed E-state index contributed by atoms with van der Waals surface area (Å²) in [5, 5.41) is 2.89. The maximum absolute atomic E-state index is 12.3. The molecule has 12 heteroatoms. The molecule has 1 amide bonds. The molecule has 0 saturated heterocycles. The van der Waals surface area contributed by atoms with E-state index in [1.807, 2.05) is 6.92 Å². The second-order valence-corrected chi connectivity index (χ2v) is 9.99. The highest BCUT2D eigenvalue weighted by Gasteiger charge is 2.31. The molecule has 0 saturated carbocycles. The van der Waals surface area contributed by atoms with Crippen LogP contribution in [0, 0.1) is 13.8 Å². The largest absolute Gasteiger partial charge is 0.462 e. The first-order valence-corrected chi connectivity index (χ1v) is 12.3. The van der Waals surface area contributed by atoms with Crippen molar-refractivity contribution in [3.63, 3.8) is 0 Å². The Kier molecular flexibility index (Phi) is 7.18. The molecule has 1 aromatic carbocycles. The van der Waals surface area contributed by atoms with Crippen molar-refractivity contribution < 1.29 is 32.3 Å². The van der Waals surface area contributed by atoms with E-state index in [9.17, 15) is 22.8 Å². The summed E-state index contributed by atoms with van der Waals surface area (Å²) in [6.45, 7) is 6.27. The molecule has 1 aromatic heterocycles. The number of hydrogen-bond donors (Lipinski definition) is 2. The molecule has 2 aromatic rings. The Bertz CT molecular complexity index is 1250. The van der Waals surface area contributed by atoms with Gasteiger partial charge in [-0.15, -0.1) is 11.3 Å². The molecular weight excluding hydrogens is 470 g/mol. The number of fused-ring (bicyclic) bond motifs is 1. The molecule has 0 radical (unpaired) electrons. The number of nitrogens with zero attached hydrogens (tertiary/aromatic N) is 1. The van der Waals surface area contributed by atoms with Crippen molar-refractivity contribution in [1.29, 1.82) is 0 Å². The monoisotopic (exact) mass is 493 g/mol. The van der Waals surface area contributed by atoms with Gasteiger partial charge in [0.15, 0.2) is 6.61 Å². The van der Waals surface area contributed by atoms with Crippen LogP contribution in [0.4, 0.5) is 5.00 Å². The zero-order chi connectivity index (χ0) is 24.3. The first-order chi connectivity index (χ1) is 15.5. The van der Waals surface area contributed by atoms with Crippen LogP contribution in [0.15, 0.2) is 34.2 Å². The van der Waals surface area contributed by atoms with Crippen LogP contribution in [0.3, 0.4) is 0 Å². The molecular formula is C21H23N3O7S2. The third-order valence-corrected chi connectivity index (χ3v) is 7.31. The highest BCUT2D eigenvalue weighted by molar-refractivity contribution is 7.90. The summed E-state index contributed by atoms with van der Waals surface area (Å²) in [5.41, 5.74) is 1.32. The zero-order valence-corrected chi connectivity index (χ0v) is 20.1. The zero-order valence-electron chi connectivity index (χ0n) is 18.4. The number of esters is 2. The average Bonchev–Trinajstić information content (AvgIpc) is 3.18. The van der Waals surface area contributed by atoms with Gasteiger partial charge >= 0.3 is 11.9 Å². The van der Waals surface area contributed by atoms with Crippen LogP contribution < -0.4 is 10.0 Å². The standard InChI is InChI=1S/C21H23N3O7S2/c1-5-30-21(27)17-11(2)13(4)32-19(17)23-16(25)10-31-20(26)12(3)22-18-14-8-6-7-9-15(14)33(28,29)24-18/h6-9,12H,5,10H2,1-4H3,(H,22,24)(H,23,25)/t12-/m1/s1. The molecule has 1 atom stereocenters. The predicted molar refractivity (Wildman–Crippen MR) is 122 cm³/mol. The molecule has 176 valence electrons. The number of sulfonamides is 1. The van der Waals surface area contributed by atoms with E-state index in [1.165, 1.54) is 24.3 Å². The Morgan fingerprint density at radius 3 is 2.58 bits per heavy atom. The number of benzene rings is 1. The van der Waals surface area contributed by atoms with Gasteiger partial charge in [0.1, 0.15) is 16.9 Å². The van der Waals surface area contributed by atoms with Crippen LogP contribution in [0.5, 0.6) is 0 Å². The summed E-state index contributed by atoms with van der Waals surface area (Å²) in [4.78, 5) is 41.9. The Hall–Kier alpha value is -3.25. The molecule has 10 nitrogen and oxygen atoms in total. The van der Waals surface area contributed by atoms with Crippen LogP contribution in [0.25, 0.3) is 0 Å². The fourth-order valence-corrected chi connectivity index (χ4v) is 5.36. The van der Waals surface area contributed by atoms with Gasteiger partial charge in [-0.25, -0.2) is 18.0 Å². The first kappa shape index (κ1) is 24.4. The number of carbonyl (C=O) groups is 3. The third kappa shape index (κ3) is 5.22. The number of nitrogens with one attached hydrogen (secondary N) is 2. The summed E-state index contributed by atoms with van der Waals surface area (Å²) in [5.74, 6) is -1.97. The second kappa shape index (κ2) is 9.71. The normalized spacial score (nSPS) is 15.9. The Balaban J connectivity index is 1.64. The molecule has 0 spiro atoms. The number of anilines is 1. The van der Waals surface area contributed by atoms with Gasteiger partial charge in [0, 0.05) is 10.4 Å². The summed E-state index contributed by atoms with van der Waals surface area (Å²) in [7, 11) is -3.74. The first-order valence-electron chi connectivity index (χ1n) is 9.98. The van der Waals surface area contributed by atoms with E-state index in [2.05, 4.69) is 15.0 Å². The highest BCUT2D eigenvalue weighted by Crippen LogP contribution is 2.33. The molecule has 3 rings (SSSR count). The Morgan fingerprint density at radius 1 is 1.18 bits per heavy atom. The van der Waals surface area contributed by atoms with Gasteiger partial charge in [-0.3, -0.25) is 14.5 Å². The van der Waals surface area contributed by atoms with Crippen LogP contribution >= 0.6 is 11.3 Å². The lowest BCUT2D eigenvalue weighted by molar-refractivity contribution is -0.148. The second-order valence-electron chi connectivity index (χ2n) is 7.12. The van der Waals surface area contributed by atoms with E-state index >= 15 is 0 Å². The summed E-state index contributed by atoms with van der Waals surface area (Å²) in [6.07, 6.45) is 0. The number of amides is 1. The van der Waals surface area contributed by atoms with Gasteiger partial charge in [0.25, 0.3) is 15.9 Å². The number of thiophene rings is 1. The number of aryl methyl sites for hydroxylation is 1. The Morgan fingerprint density at radius 2 is 1.88 bits per heavy atom. The van der Waals surface area contributed by atoms with Crippen LogP contribution in [0.2, 0.25) is 0 Å². The third-order valence-electron chi connectivity index (χ3n) is 4.79. The molecule has 0 unspecified atom stereocenters. The van der Waals surface area contributed by atoms with E-state index in [0.29, 0.717) is 16.1 Å². The van der Waals surface area contributed by atoms with E-state index < -0.39 is 40.5 Å². The number of carbonyl (C=O) groups excluding carboxylic acids is 3. The quantitative estimate of drug-likeness (QED) is 0.563. The lowest BCUT2D eigenvalue weighted by atomic mass is 10.1. The summed E-state index contributed by atoms with van der Waals surface area (Å²) in [6, 6.07) is 5.18. The molecule has 0 aliphatic carbocycles. The summed E-state index contributed by atoms with van der Waals surface area (Å²) >= 11 is 1.22. The van der Waals surface area contributed by atoms with Crippen LogP contribution in [0.1, 0.15) is 40.2 Å². The smallest absolute Gasteiger partial charge is 0.341 e. The average molecular weight is 494 g/mol. The maximum atomic E-state index is 12.3. The molecule has 1 aliphatic heterocycles. The number of aliphatic imine (C=N–C) groups is 1. The number of ether oxygens (including phenoxy) is 2. The Labute approximate surface area is 195 Å². The van der Waals surface area contributed by atoms with Gasteiger partial charge in [-0.2, -0.15) is 0 Å². The minimum Gasteiger partial charge on any atom is -0.462 e. The predicted octanol–water partition coefficient (Wildman–Crippen LogP) is 2.15.